The summed E-state index contributed by atoms with van der Waals surface area (Å²) in [6.07, 6.45) is 0. The van der Waals surface area contributed by atoms with Crippen molar-refractivity contribution in [2.24, 2.45) is 0 Å². The number of aromatic nitrogens is 1. The summed E-state index contributed by atoms with van der Waals surface area (Å²) in [4.78, 5) is 4.28. The molecular formula is C16H14N4. The van der Waals surface area contributed by atoms with Gasteiger partial charge in [0.25, 0.3) is 0 Å². The second-order valence-corrected chi connectivity index (χ2v) is 4.55. The maximum absolute atomic E-state index is 9.20. The number of nitrogens with zero attached hydrogens (tertiary/aromatic N) is 3. The Morgan fingerprint density at radius 1 is 1.15 bits per heavy atom. The van der Waals surface area contributed by atoms with Gasteiger partial charge in [0, 0.05) is 12.2 Å². The topological polar surface area (TPSA) is 72.5 Å². The van der Waals surface area contributed by atoms with Crippen molar-refractivity contribution < 1.29 is 0 Å². The van der Waals surface area contributed by atoms with E-state index in [2.05, 4.69) is 22.4 Å². The van der Waals surface area contributed by atoms with Crippen molar-refractivity contribution in [2.75, 3.05) is 5.32 Å². The molecule has 0 aliphatic rings. The van der Waals surface area contributed by atoms with Gasteiger partial charge in [-0.2, -0.15) is 10.5 Å². The first-order chi connectivity index (χ1) is 9.63. The van der Waals surface area contributed by atoms with Gasteiger partial charge >= 0.3 is 0 Å². The predicted molar refractivity (Wildman–Crippen MR) is 76.9 cm³/mol. The lowest BCUT2D eigenvalue weighted by molar-refractivity contribution is 1.08. The van der Waals surface area contributed by atoms with Crippen LogP contribution in [0.5, 0.6) is 0 Å². The summed E-state index contributed by atoms with van der Waals surface area (Å²) in [5.74, 6) is 0. The number of rotatable bonds is 3. The van der Waals surface area contributed by atoms with Crippen molar-refractivity contribution in [3.8, 4) is 12.1 Å². The van der Waals surface area contributed by atoms with Crippen LogP contribution >= 0.6 is 0 Å². The van der Waals surface area contributed by atoms with Gasteiger partial charge < -0.3 is 5.32 Å². The van der Waals surface area contributed by atoms with Gasteiger partial charge in [-0.3, -0.25) is 4.98 Å². The molecule has 0 fully saturated rings. The highest BCUT2D eigenvalue weighted by Crippen LogP contribution is 2.19. The van der Waals surface area contributed by atoms with Crippen molar-refractivity contribution in [3.05, 3.63) is 58.4 Å². The van der Waals surface area contributed by atoms with E-state index in [9.17, 15) is 5.26 Å². The molecule has 20 heavy (non-hydrogen) atoms. The Balaban J connectivity index is 2.23. The fraction of sp³-hybridized carbons (Fsp3) is 0.188. The molecule has 2 rings (SSSR count). The highest BCUT2D eigenvalue weighted by atomic mass is 14.9. The molecule has 0 aliphatic heterocycles. The van der Waals surface area contributed by atoms with E-state index < -0.39 is 0 Å². The molecular weight excluding hydrogens is 248 g/mol. The van der Waals surface area contributed by atoms with Gasteiger partial charge in [0.1, 0.15) is 6.07 Å². The monoisotopic (exact) mass is 262 g/mol. The minimum atomic E-state index is 0.562. The lowest BCUT2D eigenvalue weighted by Gasteiger charge is -2.11. The smallest absolute Gasteiger partial charge is 0.103 e. The van der Waals surface area contributed by atoms with Crippen LogP contribution in [0.15, 0.2) is 30.3 Å². The first-order valence-corrected chi connectivity index (χ1v) is 6.25. The summed E-state index contributed by atoms with van der Waals surface area (Å²) in [6.45, 7) is 4.29. The number of anilines is 1. The lowest BCUT2D eigenvalue weighted by Crippen LogP contribution is -2.04. The van der Waals surface area contributed by atoms with Crippen molar-refractivity contribution in [1.29, 1.82) is 10.5 Å². The van der Waals surface area contributed by atoms with E-state index >= 15 is 0 Å². The molecule has 0 atom stereocenters. The van der Waals surface area contributed by atoms with Crippen LogP contribution in [0, 0.1) is 36.5 Å². The summed E-state index contributed by atoms with van der Waals surface area (Å²) in [5, 5.41) is 21.3. The van der Waals surface area contributed by atoms with Gasteiger partial charge in [-0.05, 0) is 37.6 Å². The van der Waals surface area contributed by atoms with E-state index in [0.717, 1.165) is 22.6 Å². The third kappa shape index (κ3) is 2.93. The fourth-order valence-corrected chi connectivity index (χ4v) is 2.06. The number of hydrogen-bond acceptors (Lipinski definition) is 4. The molecule has 0 saturated heterocycles. The number of pyridine rings is 1. The van der Waals surface area contributed by atoms with Crippen molar-refractivity contribution in [3.63, 3.8) is 0 Å². The Morgan fingerprint density at radius 2 is 1.95 bits per heavy atom. The number of nitrogens with one attached hydrogen (secondary N) is 1. The Bertz CT molecular complexity index is 720. The highest BCUT2D eigenvalue weighted by Gasteiger charge is 2.07. The molecule has 0 radical (unpaired) electrons. The SMILES string of the molecule is Cc1cc(NCc2cccc(C#N)c2)c(C#N)c(C)n1. The molecule has 1 aromatic carbocycles. The predicted octanol–water partition coefficient (Wildman–Crippen LogP) is 3.05. The van der Waals surface area contributed by atoms with Crippen LogP contribution in [0.25, 0.3) is 0 Å². The van der Waals surface area contributed by atoms with Crippen LogP contribution in [0.1, 0.15) is 28.1 Å². The minimum absolute atomic E-state index is 0.562. The van der Waals surface area contributed by atoms with Crippen LogP contribution in [-0.4, -0.2) is 4.98 Å². The van der Waals surface area contributed by atoms with Gasteiger partial charge in [-0.1, -0.05) is 12.1 Å². The van der Waals surface area contributed by atoms with E-state index in [0.29, 0.717) is 17.7 Å². The number of aryl methyl sites for hydroxylation is 2. The zero-order valence-electron chi connectivity index (χ0n) is 11.4. The molecule has 0 saturated carbocycles. The Labute approximate surface area is 118 Å². The number of nitriles is 2. The molecule has 0 amide bonds. The van der Waals surface area contributed by atoms with E-state index in [1.165, 1.54) is 0 Å². The summed E-state index contributed by atoms with van der Waals surface area (Å²) in [7, 11) is 0. The fourth-order valence-electron chi connectivity index (χ4n) is 2.06. The summed E-state index contributed by atoms with van der Waals surface area (Å²) < 4.78 is 0. The van der Waals surface area contributed by atoms with Crippen LogP contribution in [0.2, 0.25) is 0 Å². The molecule has 0 spiro atoms. The van der Waals surface area contributed by atoms with E-state index in [1.54, 1.807) is 6.07 Å². The minimum Gasteiger partial charge on any atom is -0.380 e. The third-order valence-electron chi connectivity index (χ3n) is 2.98. The molecule has 0 unspecified atom stereocenters. The molecule has 1 aromatic heterocycles. The molecule has 0 aliphatic carbocycles. The van der Waals surface area contributed by atoms with Gasteiger partial charge in [0.2, 0.25) is 0 Å². The normalized spacial score (nSPS) is 9.60. The van der Waals surface area contributed by atoms with Gasteiger partial charge in [0.15, 0.2) is 0 Å². The first-order valence-electron chi connectivity index (χ1n) is 6.25. The second kappa shape index (κ2) is 5.86. The van der Waals surface area contributed by atoms with E-state index in [1.807, 2.05) is 38.1 Å². The van der Waals surface area contributed by atoms with Crippen molar-refractivity contribution >= 4 is 5.69 Å². The highest BCUT2D eigenvalue weighted by molar-refractivity contribution is 5.60. The first kappa shape index (κ1) is 13.6. The largest absolute Gasteiger partial charge is 0.380 e. The average Bonchev–Trinajstić information content (AvgIpc) is 2.45. The van der Waals surface area contributed by atoms with Gasteiger partial charge in [-0.15, -0.1) is 0 Å². The maximum atomic E-state index is 9.20. The molecule has 2 aromatic rings. The summed E-state index contributed by atoms with van der Waals surface area (Å²) in [5.41, 5.74) is 4.56. The Morgan fingerprint density at radius 3 is 2.65 bits per heavy atom. The lowest BCUT2D eigenvalue weighted by atomic mass is 10.1. The molecule has 0 bridgehead atoms. The molecule has 98 valence electrons. The third-order valence-corrected chi connectivity index (χ3v) is 2.98. The van der Waals surface area contributed by atoms with Crippen LogP contribution in [0.3, 0.4) is 0 Å². The zero-order valence-corrected chi connectivity index (χ0v) is 11.4. The van der Waals surface area contributed by atoms with Gasteiger partial charge in [0.05, 0.1) is 28.6 Å². The molecule has 4 nitrogen and oxygen atoms in total. The number of benzene rings is 1. The van der Waals surface area contributed by atoms with Crippen LogP contribution in [-0.2, 0) is 6.54 Å². The molecule has 1 N–H and O–H groups in total. The standard InChI is InChI=1S/C16H14N4/c1-11-6-16(15(9-18)12(2)20-11)19-10-14-5-3-4-13(7-14)8-17/h3-7H,10H2,1-2H3,(H,19,20). The van der Waals surface area contributed by atoms with E-state index in [4.69, 9.17) is 5.26 Å². The quantitative estimate of drug-likeness (QED) is 0.922. The number of hydrogen-bond donors (Lipinski definition) is 1. The van der Waals surface area contributed by atoms with Crippen molar-refractivity contribution in [2.45, 2.75) is 20.4 Å². The zero-order chi connectivity index (χ0) is 14.5. The Kier molecular flexibility index (Phi) is 3.98. The molecule has 1 heterocycles. The summed E-state index contributed by atoms with van der Waals surface area (Å²) in [6, 6.07) is 13.5. The average molecular weight is 262 g/mol. The van der Waals surface area contributed by atoms with Crippen molar-refractivity contribution in [1.82, 2.24) is 4.98 Å². The maximum Gasteiger partial charge on any atom is 0.103 e. The summed E-state index contributed by atoms with van der Waals surface area (Å²) >= 11 is 0. The van der Waals surface area contributed by atoms with E-state index in [-0.39, 0.29) is 0 Å². The second-order valence-electron chi connectivity index (χ2n) is 4.55. The van der Waals surface area contributed by atoms with Gasteiger partial charge in [-0.25, -0.2) is 0 Å². The van der Waals surface area contributed by atoms with Crippen LogP contribution < -0.4 is 5.32 Å². The van der Waals surface area contributed by atoms with Crippen LogP contribution in [0.4, 0.5) is 5.69 Å². The molecule has 4 heteroatoms. The Hall–Kier alpha value is -2.85.